The first-order chi connectivity index (χ1) is 16.5. The first-order valence-corrected chi connectivity index (χ1v) is 11.3. The van der Waals surface area contributed by atoms with Crippen molar-refractivity contribution < 1.29 is 9.53 Å². The molecule has 1 aliphatic rings. The van der Waals surface area contributed by atoms with E-state index in [9.17, 15) is 4.79 Å². The summed E-state index contributed by atoms with van der Waals surface area (Å²) in [6.45, 7) is 6.92. The molecular weight excluding hydrogens is 432 g/mol. The minimum absolute atomic E-state index is 0.0133. The fraction of sp³-hybridized carbons (Fsp3) is 0.333. The number of hydrogen-bond acceptors (Lipinski definition) is 9. The number of ether oxygens (including phenoxy) is 1. The van der Waals surface area contributed by atoms with Gasteiger partial charge in [-0.15, -0.1) is 0 Å². The highest BCUT2D eigenvalue weighted by atomic mass is 16.5. The van der Waals surface area contributed by atoms with Crippen LogP contribution in [0.15, 0.2) is 48.5 Å². The topological polar surface area (TPSA) is 134 Å². The molecular formula is C24H30N8O2. The van der Waals surface area contributed by atoms with Crippen molar-refractivity contribution in [1.29, 1.82) is 0 Å². The lowest BCUT2D eigenvalue weighted by atomic mass is 10.1. The van der Waals surface area contributed by atoms with Crippen LogP contribution in [0, 0.1) is 0 Å². The third kappa shape index (κ3) is 6.10. The Labute approximate surface area is 198 Å². The van der Waals surface area contributed by atoms with Crippen molar-refractivity contribution in [2.75, 3.05) is 48.4 Å². The number of nitrogens with two attached hydrogens (primary N) is 1. The maximum atomic E-state index is 12.5. The van der Waals surface area contributed by atoms with Gasteiger partial charge in [0, 0.05) is 42.7 Å². The van der Waals surface area contributed by atoms with E-state index in [1.807, 2.05) is 42.5 Å². The van der Waals surface area contributed by atoms with Crippen molar-refractivity contribution in [2.24, 2.45) is 5.73 Å². The van der Waals surface area contributed by atoms with Gasteiger partial charge in [-0.05, 0) is 11.5 Å². The quantitative estimate of drug-likeness (QED) is 0.354. The number of aromatic amines is 1. The number of morpholine rings is 1. The second kappa shape index (κ2) is 10.8. The number of H-pyrrole nitrogens is 1. The highest BCUT2D eigenvalue weighted by Gasteiger charge is 2.16. The van der Waals surface area contributed by atoms with E-state index in [0.717, 1.165) is 30.2 Å². The molecule has 0 spiro atoms. The molecule has 4 rings (SSSR count). The molecule has 10 heteroatoms. The lowest BCUT2D eigenvalue weighted by molar-refractivity contribution is -0.113. The summed E-state index contributed by atoms with van der Waals surface area (Å²) in [7, 11) is 0. The second-order valence-electron chi connectivity index (χ2n) is 8.31. The molecule has 0 unspecified atom stereocenters. The van der Waals surface area contributed by atoms with E-state index in [-0.39, 0.29) is 12.3 Å². The molecule has 1 saturated heterocycles. The number of carbonyl (C=O) groups excluding carboxylic acids is 1. The van der Waals surface area contributed by atoms with Crippen molar-refractivity contribution in [3.8, 4) is 0 Å². The molecule has 0 atom stereocenters. The van der Waals surface area contributed by atoms with Crippen LogP contribution in [-0.2, 0) is 9.53 Å². The summed E-state index contributed by atoms with van der Waals surface area (Å²) in [5.41, 5.74) is 8.30. The van der Waals surface area contributed by atoms with Crippen molar-refractivity contribution in [3.63, 3.8) is 0 Å². The molecule has 1 aliphatic heterocycles. The van der Waals surface area contributed by atoms with Crippen LogP contribution < -0.4 is 21.3 Å². The normalized spacial score (nSPS) is 14.3. The molecule has 0 aliphatic carbocycles. The summed E-state index contributed by atoms with van der Waals surface area (Å²) in [6, 6.07) is 13.2. The van der Waals surface area contributed by atoms with Gasteiger partial charge in [-0.1, -0.05) is 44.2 Å². The summed E-state index contributed by atoms with van der Waals surface area (Å²) >= 11 is 0. The molecule has 5 N–H and O–H groups in total. The maximum absolute atomic E-state index is 12.5. The van der Waals surface area contributed by atoms with Gasteiger partial charge in [0.25, 0.3) is 0 Å². The van der Waals surface area contributed by atoms with Crippen LogP contribution in [0.3, 0.4) is 0 Å². The Morgan fingerprint density at radius 2 is 1.94 bits per heavy atom. The van der Waals surface area contributed by atoms with E-state index in [0.29, 0.717) is 42.4 Å². The number of aromatic nitrogens is 4. The number of anilines is 4. The van der Waals surface area contributed by atoms with Crippen molar-refractivity contribution in [3.05, 3.63) is 59.8 Å². The Morgan fingerprint density at radius 1 is 1.18 bits per heavy atom. The van der Waals surface area contributed by atoms with Crippen LogP contribution in [0.4, 0.5) is 23.4 Å². The Hall–Kier alpha value is -3.92. The number of nitrogens with one attached hydrogen (secondary N) is 3. The Morgan fingerprint density at radius 3 is 2.65 bits per heavy atom. The van der Waals surface area contributed by atoms with E-state index < -0.39 is 0 Å². The number of ketones is 1. The Balaban J connectivity index is 1.50. The Bertz CT molecular complexity index is 1140. The van der Waals surface area contributed by atoms with E-state index >= 15 is 0 Å². The fourth-order valence-corrected chi connectivity index (χ4v) is 3.46. The zero-order chi connectivity index (χ0) is 23.9. The zero-order valence-electron chi connectivity index (χ0n) is 19.4. The maximum Gasteiger partial charge on any atom is 0.227 e. The second-order valence-corrected chi connectivity index (χ2v) is 8.31. The van der Waals surface area contributed by atoms with E-state index in [4.69, 9.17) is 10.5 Å². The smallest absolute Gasteiger partial charge is 0.227 e. The van der Waals surface area contributed by atoms with Crippen LogP contribution in [0.5, 0.6) is 0 Å². The molecule has 178 valence electrons. The Kier molecular flexibility index (Phi) is 7.38. The molecule has 10 nitrogen and oxygen atoms in total. The molecule has 0 bridgehead atoms. The molecule has 3 heterocycles. The fourth-order valence-electron chi connectivity index (χ4n) is 3.46. The largest absolute Gasteiger partial charge is 0.398 e. The van der Waals surface area contributed by atoms with Gasteiger partial charge in [-0.25, -0.2) is 0 Å². The van der Waals surface area contributed by atoms with Gasteiger partial charge in [0.2, 0.25) is 5.95 Å². The third-order valence-electron chi connectivity index (χ3n) is 5.37. The van der Waals surface area contributed by atoms with E-state index in [2.05, 4.69) is 49.5 Å². The van der Waals surface area contributed by atoms with Gasteiger partial charge in [-0.3, -0.25) is 9.89 Å². The van der Waals surface area contributed by atoms with Crippen LogP contribution in [0.25, 0.3) is 5.70 Å². The number of rotatable bonds is 9. The molecule has 2 aromatic heterocycles. The van der Waals surface area contributed by atoms with Crippen molar-refractivity contribution >= 4 is 34.9 Å². The van der Waals surface area contributed by atoms with Gasteiger partial charge in [0.1, 0.15) is 11.6 Å². The predicted molar refractivity (Wildman–Crippen MR) is 133 cm³/mol. The molecule has 0 radical (unpaired) electrons. The first-order valence-electron chi connectivity index (χ1n) is 11.3. The zero-order valence-corrected chi connectivity index (χ0v) is 19.4. The van der Waals surface area contributed by atoms with Gasteiger partial charge in [0.05, 0.1) is 19.8 Å². The van der Waals surface area contributed by atoms with Crippen LogP contribution in [-0.4, -0.2) is 58.8 Å². The van der Waals surface area contributed by atoms with Gasteiger partial charge >= 0.3 is 0 Å². The number of nitrogens with zero attached hydrogens (tertiary/aromatic N) is 4. The lowest BCUT2D eigenvalue weighted by Gasteiger charge is -2.28. The number of benzene rings is 1. The molecule has 1 fully saturated rings. The van der Waals surface area contributed by atoms with Gasteiger partial charge in [-0.2, -0.15) is 15.1 Å². The average Bonchev–Trinajstić information content (AvgIpc) is 3.32. The molecule has 1 aromatic carbocycles. The molecule has 0 amide bonds. The van der Waals surface area contributed by atoms with Gasteiger partial charge in [0.15, 0.2) is 11.6 Å². The lowest BCUT2D eigenvalue weighted by Crippen LogP contribution is -2.37. The summed E-state index contributed by atoms with van der Waals surface area (Å²) in [4.78, 5) is 23.8. The summed E-state index contributed by atoms with van der Waals surface area (Å²) in [5, 5.41) is 13.6. The predicted octanol–water partition coefficient (Wildman–Crippen LogP) is 2.88. The van der Waals surface area contributed by atoms with Crippen molar-refractivity contribution in [1.82, 2.24) is 20.2 Å². The highest BCUT2D eigenvalue weighted by Crippen LogP contribution is 2.23. The minimum Gasteiger partial charge on any atom is -0.398 e. The molecule has 0 saturated carbocycles. The summed E-state index contributed by atoms with van der Waals surface area (Å²) in [6.07, 6.45) is 1.42. The summed E-state index contributed by atoms with van der Waals surface area (Å²) < 4.78 is 5.46. The summed E-state index contributed by atoms with van der Waals surface area (Å²) in [5.74, 6) is 2.48. The standard InChI is InChI=1S/C24H30N8O2/c1-16(2)20-13-22(31-30-20)27-21-14-23(32-8-10-34-11-9-32)29-24(28-21)26-15-18(33)12-19(25)17-6-4-3-5-7-17/h3-7,12-14,16H,8-11,15,25H2,1-2H3,(H3,26,27,28,29,30,31)/b19-12-. The van der Waals surface area contributed by atoms with Gasteiger partial charge < -0.3 is 26.0 Å². The molecule has 3 aromatic rings. The number of carbonyl (C=O) groups is 1. The SMILES string of the molecule is CC(C)c1cc(Nc2cc(N3CCOCC3)nc(NCC(=O)/C=C(\N)c3ccccc3)n2)n[nH]1. The van der Waals surface area contributed by atoms with E-state index in [1.165, 1.54) is 6.08 Å². The monoisotopic (exact) mass is 462 g/mol. The highest BCUT2D eigenvalue weighted by molar-refractivity contribution is 5.98. The van der Waals surface area contributed by atoms with Crippen LogP contribution in [0.1, 0.15) is 31.0 Å². The van der Waals surface area contributed by atoms with Crippen LogP contribution >= 0.6 is 0 Å². The average molecular weight is 463 g/mol. The van der Waals surface area contributed by atoms with E-state index in [1.54, 1.807) is 0 Å². The molecule has 34 heavy (non-hydrogen) atoms. The first kappa shape index (κ1) is 23.2. The van der Waals surface area contributed by atoms with Crippen LogP contribution in [0.2, 0.25) is 0 Å². The third-order valence-corrected chi connectivity index (χ3v) is 5.37. The number of hydrogen-bond donors (Lipinski definition) is 4. The minimum atomic E-state index is -0.176. The van der Waals surface area contributed by atoms with Crippen molar-refractivity contribution in [2.45, 2.75) is 19.8 Å².